The molecule has 4 rings (SSSR count). The summed E-state index contributed by atoms with van der Waals surface area (Å²) in [6.07, 6.45) is 20.5. The monoisotopic (exact) mass is 496 g/mol. The average molecular weight is 497 g/mol. The van der Waals surface area contributed by atoms with E-state index in [1.807, 2.05) is 0 Å². The zero-order valence-electron chi connectivity index (χ0n) is 24.8. The normalized spacial score (nSPS) is 18.5. The molecule has 2 atom stereocenters. The fourth-order valence-corrected chi connectivity index (χ4v) is 7.51. The highest BCUT2D eigenvalue weighted by molar-refractivity contribution is 5.73. The summed E-state index contributed by atoms with van der Waals surface area (Å²) in [6.45, 7) is 14.5. The van der Waals surface area contributed by atoms with Gasteiger partial charge in [-0.05, 0) is 77.3 Å². The van der Waals surface area contributed by atoms with Crippen LogP contribution >= 0.6 is 0 Å². The summed E-state index contributed by atoms with van der Waals surface area (Å²) in [7, 11) is 0. The summed E-state index contributed by atoms with van der Waals surface area (Å²) in [5, 5.41) is 0. The lowest BCUT2D eigenvalue weighted by Crippen LogP contribution is -2.30. The molecule has 0 radical (unpaired) electrons. The Hall–Kier alpha value is -2.08. The Bertz CT molecular complexity index is 1020. The van der Waals surface area contributed by atoms with Crippen molar-refractivity contribution in [2.75, 3.05) is 0 Å². The second-order valence-corrected chi connectivity index (χ2v) is 12.3. The van der Waals surface area contributed by atoms with Crippen molar-refractivity contribution in [1.82, 2.24) is 0 Å². The zero-order valence-corrected chi connectivity index (χ0v) is 24.8. The van der Waals surface area contributed by atoms with Gasteiger partial charge in [-0.15, -0.1) is 0 Å². The van der Waals surface area contributed by atoms with Gasteiger partial charge in [0, 0.05) is 11.8 Å². The van der Waals surface area contributed by atoms with Gasteiger partial charge in [-0.1, -0.05) is 140 Å². The highest BCUT2D eigenvalue weighted by Crippen LogP contribution is 2.59. The summed E-state index contributed by atoms with van der Waals surface area (Å²) < 4.78 is 0. The van der Waals surface area contributed by atoms with Crippen molar-refractivity contribution >= 4 is 12.2 Å². The topological polar surface area (TPSA) is 0 Å². The molecule has 2 aliphatic rings. The first-order valence-electron chi connectivity index (χ1n) is 15.6. The highest BCUT2D eigenvalue weighted by Gasteiger charge is 2.46. The second-order valence-electron chi connectivity index (χ2n) is 12.3. The molecule has 37 heavy (non-hydrogen) atoms. The van der Waals surface area contributed by atoms with Gasteiger partial charge in [-0.25, -0.2) is 0 Å². The molecule has 2 aromatic carbocycles. The van der Waals surface area contributed by atoms with Crippen molar-refractivity contribution in [2.45, 2.75) is 130 Å². The molecule has 0 heterocycles. The number of benzene rings is 2. The fourth-order valence-electron chi connectivity index (χ4n) is 7.51. The van der Waals surface area contributed by atoms with E-state index in [9.17, 15) is 0 Å². The van der Waals surface area contributed by atoms with Gasteiger partial charge in [-0.2, -0.15) is 0 Å². The van der Waals surface area contributed by atoms with Crippen molar-refractivity contribution < 1.29 is 0 Å². The van der Waals surface area contributed by atoms with Crippen LogP contribution in [0.3, 0.4) is 0 Å². The van der Waals surface area contributed by atoms with E-state index in [4.69, 9.17) is 0 Å². The molecule has 0 saturated heterocycles. The summed E-state index contributed by atoms with van der Waals surface area (Å²) in [6, 6.07) is 14.4. The third-order valence-electron chi connectivity index (χ3n) is 9.39. The van der Waals surface area contributed by atoms with Gasteiger partial charge in [0.05, 0.1) is 0 Å². The Kier molecular flexibility index (Phi) is 9.55. The number of hydrogen-bond acceptors (Lipinski definition) is 0. The number of allylic oxidation sites excluding steroid dienone is 2. The third-order valence-corrected chi connectivity index (χ3v) is 9.39. The van der Waals surface area contributed by atoms with Gasteiger partial charge in [0.15, 0.2) is 0 Å². The number of fused-ring (bicyclic) bond motifs is 2. The van der Waals surface area contributed by atoms with Crippen LogP contribution in [0.2, 0.25) is 0 Å². The van der Waals surface area contributed by atoms with Gasteiger partial charge in [0.1, 0.15) is 0 Å². The van der Waals surface area contributed by atoms with E-state index >= 15 is 0 Å². The standard InChI is InChI=1S/C37H52/c1-7-11-13-15-19-29-21-17-23-31-33(29)25-27(9-3)35(31)37(5,6)36-28(10-4)26-34-30(20-16-14-12-8-2)22-18-24-32(34)36/h17-18,21-26,35-36H,7-16,19-20H2,1-6H3. The lowest BCUT2D eigenvalue weighted by Gasteiger charge is -2.42. The van der Waals surface area contributed by atoms with Gasteiger partial charge in [0.25, 0.3) is 0 Å². The maximum atomic E-state index is 2.59. The third kappa shape index (κ3) is 5.69. The molecular formula is C37H52. The molecule has 0 heteroatoms. The van der Waals surface area contributed by atoms with E-state index in [0.717, 1.165) is 12.8 Å². The van der Waals surface area contributed by atoms with Crippen LogP contribution < -0.4 is 0 Å². The van der Waals surface area contributed by atoms with Crippen molar-refractivity contribution in [2.24, 2.45) is 5.41 Å². The summed E-state index contributed by atoms with van der Waals surface area (Å²) in [5.41, 5.74) is 12.8. The predicted molar refractivity (Wildman–Crippen MR) is 164 cm³/mol. The molecule has 0 spiro atoms. The molecular weight excluding hydrogens is 444 g/mol. The van der Waals surface area contributed by atoms with Gasteiger partial charge < -0.3 is 0 Å². The zero-order chi connectivity index (χ0) is 26.4. The van der Waals surface area contributed by atoms with Crippen LogP contribution in [0.15, 0.2) is 47.5 Å². The van der Waals surface area contributed by atoms with E-state index in [2.05, 4.69) is 90.1 Å². The first-order valence-corrected chi connectivity index (χ1v) is 15.6. The smallest absolute Gasteiger partial charge is 0.0118 e. The largest absolute Gasteiger partial charge is 0.0654 e. The molecule has 2 aromatic rings. The molecule has 0 nitrogen and oxygen atoms in total. The summed E-state index contributed by atoms with van der Waals surface area (Å²) >= 11 is 0. The number of aryl methyl sites for hydroxylation is 2. The van der Waals surface area contributed by atoms with Crippen LogP contribution in [0, 0.1) is 5.41 Å². The molecule has 2 unspecified atom stereocenters. The minimum absolute atomic E-state index is 0.127. The van der Waals surface area contributed by atoms with Crippen LogP contribution in [0.25, 0.3) is 12.2 Å². The molecule has 0 bridgehead atoms. The number of unbranched alkanes of at least 4 members (excludes halogenated alkanes) is 6. The van der Waals surface area contributed by atoms with Gasteiger partial charge in [-0.3, -0.25) is 0 Å². The van der Waals surface area contributed by atoms with E-state index in [1.165, 1.54) is 64.2 Å². The SMILES string of the molecule is CCCCCCc1cccc2c1C=C(CC)C2C(C)(C)C1C(CC)=Cc2c(CCCCCC)cccc21. The Morgan fingerprint density at radius 3 is 1.38 bits per heavy atom. The van der Waals surface area contributed by atoms with E-state index < -0.39 is 0 Å². The molecule has 0 saturated carbocycles. The molecule has 0 amide bonds. The molecule has 0 fully saturated rings. The van der Waals surface area contributed by atoms with Crippen LogP contribution in [0.4, 0.5) is 0 Å². The van der Waals surface area contributed by atoms with Gasteiger partial charge in [0.2, 0.25) is 0 Å². The lowest BCUT2D eigenvalue weighted by molar-refractivity contribution is 0.269. The molecule has 2 aliphatic carbocycles. The van der Waals surface area contributed by atoms with Crippen molar-refractivity contribution in [3.05, 3.63) is 80.9 Å². The van der Waals surface area contributed by atoms with Crippen LogP contribution in [-0.2, 0) is 12.8 Å². The molecule has 0 aromatic heterocycles. The second kappa shape index (κ2) is 12.6. The first-order chi connectivity index (χ1) is 18.0. The van der Waals surface area contributed by atoms with E-state index in [-0.39, 0.29) is 5.41 Å². The van der Waals surface area contributed by atoms with Crippen LogP contribution in [0.1, 0.15) is 151 Å². The van der Waals surface area contributed by atoms with Crippen LogP contribution in [-0.4, -0.2) is 0 Å². The maximum Gasteiger partial charge on any atom is 0.0118 e. The maximum absolute atomic E-state index is 2.59. The van der Waals surface area contributed by atoms with Crippen LogP contribution in [0.5, 0.6) is 0 Å². The highest BCUT2D eigenvalue weighted by atomic mass is 14.5. The number of rotatable bonds is 14. The Labute approximate surface area is 228 Å². The van der Waals surface area contributed by atoms with Crippen molar-refractivity contribution in [3.63, 3.8) is 0 Å². The minimum Gasteiger partial charge on any atom is -0.0654 e. The summed E-state index contributed by atoms with van der Waals surface area (Å²) in [5.74, 6) is 0.976. The first kappa shape index (κ1) is 27.9. The summed E-state index contributed by atoms with van der Waals surface area (Å²) in [4.78, 5) is 0. The van der Waals surface area contributed by atoms with Crippen molar-refractivity contribution in [1.29, 1.82) is 0 Å². The Balaban J connectivity index is 1.68. The number of hydrogen-bond donors (Lipinski definition) is 0. The van der Waals surface area contributed by atoms with E-state index in [1.54, 1.807) is 44.5 Å². The molecule has 0 aliphatic heterocycles. The van der Waals surface area contributed by atoms with Gasteiger partial charge >= 0.3 is 0 Å². The minimum atomic E-state index is 0.127. The molecule has 0 N–H and O–H groups in total. The van der Waals surface area contributed by atoms with E-state index in [0.29, 0.717) is 11.8 Å². The Morgan fingerprint density at radius 1 is 0.568 bits per heavy atom. The van der Waals surface area contributed by atoms with Crippen molar-refractivity contribution in [3.8, 4) is 0 Å². The molecule has 200 valence electrons. The lowest BCUT2D eigenvalue weighted by atomic mass is 9.61. The Morgan fingerprint density at radius 2 is 1.00 bits per heavy atom. The fraction of sp³-hybridized carbons (Fsp3) is 0.568. The average Bonchev–Trinajstić information content (AvgIpc) is 3.49. The predicted octanol–water partition coefficient (Wildman–Crippen LogP) is 11.4. The quantitative estimate of drug-likeness (QED) is 0.228.